The first kappa shape index (κ1) is 12.5. The molecule has 0 bridgehead atoms. The van der Waals surface area contributed by atoms with Gasteiger partial charge >= 0.3 is 0 Å². The van der Waals surface area contributed by atoms with E-state index in [-0.39, 0.29) is 0 Å². The van der Waals surface area contributed by atoms with Gasteiger partial charge in [0.25, 0.3) is 0 Å². The van der Waals surface area contributed by atoms with Crippen LogP contribution >= 0.6 is 0 Å². The summed E-state index contributed by atoms with van der Waals surface area (Å²) < 4.78 is 0. The van der Waals surface area contributed by atoms with Crippen molar-refractivity contribution < 1.29 is 5.11 Å². The van der Waals surface area contributed by atoms with Gasteiger partial charge in [0, 0.05) is 12.5 Å². The van der Waals surface area contributed by atoms with Gasteiger partial charge in [0.2, 0.25) is 0 Å². The van der Waals surface area contributed by atoms with E-state index in [2.05, 4.69) is 11.2 Å². The lowest BCUT2D eigenvalue weighted by molar-refractivity contribution is 0.0270. The number of rotatable bonds is 5. The zero-order chi connectivity index (χ0) is 11.1. The van der Waals surface area contributed by atoms with Crippen LogP contribution in [-0.4, -0.2) is 23.3 Å². The van der Waals surface area contributed by atoms with Gasteiger partial charge in [0.1, 0.15) is 0 Å². The van der Waals surface area contributed by atoms with Gasteiger partial charge in [0.05, 0.1) is 5.60 Å². The number of unbranched alkanes of at least 4 members (excludes halogenated alkanes) is 1. The van der Waals surface area contributed by atoms with E-state index in [1.807, 2.05) is 6.92 Å². The van der Waals surface area contributed by atoms with Crippen LogP contribution in [-0.2, 0) is 0 Å². The van der Waals surface area contributed by atoms with Crippen molar-refractivity contribution in [1.29, 1.82) is 0 Å². The molecular formula is C13H23NO. The Morgan fingerprint density at radius 1 is 1.53 bits per heavy atom. The first-order valence-corrected chi connectivity index (χ1v) is 6.03. The van der Waals surface area contributed by atoms with E-state index in [1.165, 1.54) is 19.3 Å². The van der Waals surface area contributed by atoms with Gasteiger partial charge in [-0.1, -0.05) is 6.42 Å². The molecule has 1 saturated heterocycles. The molecule has 1 heterocycles. The van der Waals surface area contributed by atoms with Crippen LogP contribution in [0.15, 0.2) is 0 Å². The number of piperidine rings is 1. The summed E-state index contributed by atoms with van der Waals surface area (Å²) in [5.41, 5.74) is -0.550. The lowest BCUT2D eigenvalue weighted by Gasteiger charge is -2.31. The minimum Gasteiger partial charge on any atom is -0.390 e. The van der Waals surface area contributed by atoms with Crippen LogP contribution in [0.25, 0.3) is 0 Å². The van der Waals surface area contributed by atoms with Crippen LogP contribution < -0.4 is 5.32 Å². The second kappa shape index (κ2) is 6.15. The van der Waals surface area contributed by atoms with Crippen LogP contribution in [0.5, 0.6) is 0 Å². The van der Waals surface area contributed by atoms with Crippen LogP contribution in [0.2, 0.25) is 0 Å². The summed E-state index contributed by atoms with van der Waals surface area (Å²) in [6.07, 6.45) is 12.3. The van der Waals surface area contributed by atoms with E-state index < -0.39 is 5.60 Å². The van der Waals surface area contributed by atoms with E-state index in [4.69, 9.17) is 6.42 Å². The molecule has 0 aromatic heterocycles. The molecule has 2 heteroatoms. The van der Waals surface area contributed by atoms with Crippen molar-refractivity contribution in [1.82, 2.24) is 5.32 Å². The van der Waals surface area contributed by atoms with Crippen molar-refractivity contribution in [2.45, 2.75) is 63.5 Å². The molecular weight excluding hydrogens is 186 g/mol. The quantitative estimate of drug-likeness (QED) is 0.536. The fourth-order valence-electron chi connectivity index (χ4n) is 2.30. The molecule has 2 N–H and O–H groups in total. The third-order valence-electron chi connectivity index (χ3n) is 3.13. The molecule has 1 aliphatic rings. The summed E-state index contributed by atoms with van der Waals surface area (Å²) in [6.45, 7) is 3.03. The normalized spacial score (nSPS) is 25.5. The number of aliphatic hydroxyl groups is 1. The van der Waals surface area contributed by atoms with E-state index in [0.717, 1.165) is 32.2 Å². The summed E-state index contributed by atoms with van der Waals surface area (Å²) in [5.74, 6) is 2.62. The minimum atomic E-state index is -0.550. The van der Waals surface area contributed by atoms with Gasteiger partial charge in [-0.2, -0.15) is 0 Å². The fourth-order valence-corrected chi connectivity index (χ4v) is 2.30. The van der Waals surface area contributed by atoms with Crippen molar-refractivity contribution in [2.75, 3.05) is 6.54 Å². The maximum Gasteiger partial charge on any atom is 0.0635 e. The van der Waals surface area contributed by atoms with E-state index in [0.29, 0.717) is 6.04 Å². The summed E-state index contributed by atoms with van der Waals surface area (Å²) in [5, 5.41) is 13.7. The molecule has 86 valence electrons. The molecule has 0 radical (unpaired) electrons. The number of hydrogen-bond acceptors (Lipinski definition) is 2. The highest BCUT2D eigenvalue weighted by atomic mass is 16.3. The third kappa shape index (κ3) is 5.20. The van der Waals surface area contributed by atoms with Crippen LogP contribution in [0.3, 0.4) is 0 Å². The number of nitrogens with one attached hydrogen (secondary N) is 1. The highest BCUT2D eigenvalue weighted by Crippen LogP contribution is 2.23. The molecule has 1 rings (SSSR count). The number of terminal acetylenes is 1. The maximum absolute atomic E-state index is 10.2. The van der Waals surface area contributed by atoms with E-state index in [1.54, 1.807) is 0 Å². The Kier molecular flexibility index (Phi) is 5.14. The molecule has 2 unspecified atom stereocenters. The monoisotopic (exact) mass is 209 g/mol. The van der Waals surface area contributed by atoms with Gasteiger partial charge < -0.3 is 10.4 Å². The lowest BCUT2D eigenvalue weighted by Crippen LogP contribution is -2.40. The summed E-state index contributed by atoms with van der Waals surface area (Å²) in [7, 11) is 0. The highest BCUT2D eigenvalue weighted by molar-refractivity contribution is 4.87. The Balaban J connectivity index is 2.24. The van der Waals surface area contributed by atoms with Crippen molar-refractivity contribution in [3.05, 3.63) is 0 Å². The lowest BCUT2D eigenvalue weighted by atomic mass is 9.88. The molecule has 0 saturated carbocycles. The summed E-state index contributed by atoms with van der Waals surface area (Å²) >= 11 is 0. The molecule has 2 atom stereocenters. The average molecular weight is 209 g/mol. The molecule has 1 aliphatic heterocycles. The standard InChI is InChI=1S/C13H23NO/c1-3-4-6-9-13(2,15)11-12-8-5-7-10-14-12/h1,12,14-15H,4-11H2,2H3. The third-order valence-corrected chi connectivity index (χ3v) is 3.13. The van der Waals surface area contributed by atoms with E-state index in [9.17, 15) is 5.11 Å². The first-order valence-electron chi connectivity index (χ1n) is 6.03. The second-order valence-corrected chi connectivity index (χ2v) is 4.91. The smallest absolute Gasteiger partial charge is 0.0635 e. The predicted molar refractivity (Wildman–Crippen MR) is 63.6 cm³/mol. The van der Waals surface area contributed by atoms with Crippen molar-refractivity contribution >= 4 is 0 Å². The van der Waals surface area contributed by atoms with Crippen molar-refractivity contribution in [2.24, 2.45) is 0 Å². The second-order valence-electron chi connectivity index (χ2n) is 4.91. The molecule has 0 aromatic carbocycles. The summed E-state index contributed by atoms with van der Waals surface area (Å²) in [4.78, 5) is 0. The molecule has 2 nitrogen and oxygen atoms in total. The van der Waals surface area contributed by atoms with Crippen molar-refractivity contribution in [3.8, 4) is 12.3 Å². The average Bonchev–Trinajstić information content (AvgIpc) is 2.18. The zero-order valence-electron chi connectivity index (χ0n) is 9.76. The summed E-state index contributed by atoms with van der Waals surface area (Å²) in [6, 6.07) is 0.500. The number of hydrogen-bond donors (Lipinski definition) is 2. The molecule has 15 heavy (non-hydrogen) atoms. The SMILES string of the molecule is C#CCCCC(C)(O)CC1CCCCN1. The molecule has 1 fully saturated rings. The fraction of sp³-hybridized carbons (Fsp3) is 0.846. The van der Waals surface area contributed by atoms with Gasteiger partial charge in [-0.05, 0) is 45.6 Å². The highest BCUT2D eigenvalue weighted by Gasteiger charge is 2.25. The van der Waals surface area contributed by atoms with Crippen LogP contribution in [0, 0.1) is 12.3 Å². The maximum atomic E-state index is 10.2. The van der Waals surface area contributed by atoms with Crippen LogP contribution in [0.4, 0.5) is 0 Å². The van der Waals surface area contributed by atoms with Crippen LogP contribution in [0.1, 0.15) is 51.9 Å². The molecule has 0 spiro atoms. The van der Waals surface area contributed by atoms with E-state index >= 15 is 0 Å². The Morgan fingerprint density at radius 3 is 2.93 bits per heavy atom. The largest absolute Gasteiger partial charge is 0.390 e. The van der Waals surface area contributed by atoms with Gasteiger partial charge in [-0.3, -0.25) is 0 Å². The first-order chi connectivity index (χ1) is 7.14. The molecule has 0 aromatic rings. The van der Waals surface area contributed by atoms with Gasteiger partial charge in [-0.15, -0.1) is 12.3 Å². The predicted octanol–water partition coefficient (Wildman–Crippen LogP) is 2.07. The Hall–Kier alpha value is -0.520. The minimum absolute atomic E-state index is 0.500. The molecule has 0 aliphatic carbocycles. The zero-order valence-corrected chi connectivity index (χ0v) is 9.76. The topological polar surface area (TPSA) is 32.3 Å². The Morgan fingerprint density at radius 2 is 2.33 bits per heavy atom. The Bertz CT molecular complexity index is 211. The van der Waals surface area contributed by atoms with Gasteiger partial charge in [0.15, 0.2) is 0 Å². The Labute approximate surface area is 93.5 Å². The van der Waals surface area contributed by atoms with Gasteiger partial charge in [-0.25, -0.2) is 0 Å². The van der Waals surface area contributed by atoms with Crippen molar-refractivity contribution in [3.63, 3.8) is 0 Å². The molecule has 0 amide bonds.